The maximum atomic E-state index is 5.42. The Kier molecular flexibility index (Phi) is 3.41. The molecule has 5 rings (SSSR count). The second-order valence-electron chi connectivity index (χ2n) is 6.28. The van der Waals surface area contributed by atoms with Crippen LogP contribution in [0.15, 0.2) is 42.6 Å². The van der Waals surface area contributed by atoms with E-state index in [0.717, 1.165) is 47.0 Å². The highest BCUT2D eigenvalue weighted by atomic mass is 16.7. The zero-order valence-corrected chi connectivity index (χ0v) is 14.3. The van der Waals surface area contributed by atoms with Crippen LogP contribution in [0.2, 0.25) is 0 Å². The third kappa shape index (κ3) is 2.50. The summed E-state index contributed by atoms with van der Waals surface area (Å²) in [4.78, 5) is 9.23. The Morgan fingerprint density at radius 2 is 1.88 bits per heavy atom. The van der Waals surface area contributed by atoms with Crippen LogP contribution in [0.25, 0.3) is 11.3 Å². The number of ether oxygens (including phenoxy) is 3. The van der Waals surface area contributed by atoms with Gasteiger partial charge in [-0.15, -0.1) is 0 Å². The molecule has 2 heterocycles. The average molecular weight is 347 g/mol. The number of benzene rings is 2. The summed E-state index contributed by atoms with van der Waals surface area (Å²) in [5.41, 5.74) is 5.40. The van der Waals surface area contributed by atoms with E-state index in [4.69, 9.17) is 19.2 Å². The highest BCUT2D eigenvalue weighted by Gasteiger charge is 2.20. The molecule has 2 aromatic carbocycles. The minimum absolute atomic E-state index is 0.258. The average Bonchev–Trinajstić information content (AvgIpc) is 3.15. The topological polar surface area (TPSA) is 65.5 Å². The van der Waals surface area contributed by atoms with Gasteiger partial charge >= 0.3 is 0 Å². The lowest BCUT2D eigenvalue weighted by Gasteiger charge is -2.20. The first-order chi connectivity index (χ1) is 12.8. The van der Waals surface area contributed by atoms with Crippen molar-refractivity contribution < 1.29 is 14.2 Å². The first-order valence-corrected chi connectivity index (χ1v) is 8.50. The van der Waals surface area contributed by atoms with Gasteiger partial charge in [0.2, 0.25) is 12.7 Å². The fraction of sp³-hybridized carbons (Fsp3) is 0.200. The second kappa shape index (κ2) is 5.91. The summed E-state index contributed by atoms with van der Waals surface area (Å²) in [5, 5.41) is 3.25. The zero-order valence-electron chi connectivity index (χ0n) is 14.3. The third-order valence-corrected chi connectivity index (χ3v) is 4.72. The van der Waals surface area contributed by atoms with E-state index in [0.29, 0.717) is 5.95 Å². The summed E-state index contributed by atoms with van der Waals surface area (Å²) in [6.07, 6.45) is 3.81. The van der Waals surface area contributed by atoms with Crippen molar-refractivity contribution in [3.63, 3.8) is 0 Å². The molecular formula is C20H17N3O3. The normalized spacial score (nSPS) is 13.7. The van der Waals surface area contributed by atoms with Crippen LogP contribution >= 0.6 is 0 Å². The molecule has 1 N–H and O–H groups in total. The van der Waals surface area contributed by atoms with Crippen molar-refractivity contribution in [3.8, 4) is 28.5 Å². The summed E-state index contributed by atoms with van der Waals surface area (Å²) in [7, 11) is 1.69. The highest BCUT2D eigenvalue weighted by molar-refractivity contribution is 5.72. The molecule has 0 atom stereocenters. The molecule has 6 heteroatoms. The van der Waals surface area contributed by atoms with Crippen LogP contribution in [0.4, 0.5) is 11.6 Å². The molecule has 0 bridgehead atoms. The predicted molar refractivity (Wildman–Crippen MR) is 97.3 cm³/mol. The van der Waals surface area contributed by atoms with E-state index in [9.17, 15) is 0 Å². The van der Waals surface area contributed by atoms with E-state index >= 15 is 0 Å². The fourth-order valence-electron chi connectivity index (χ4n) is 3.39. The number of fused-ring (bicyclic) bond motifs is 4. The lowest BCUT2D eigenvalue weighted by atomic mass is 9.90. The zero-order chi connectivity index (χ0) is 17.5. The van der Waals surface area contributed by atoms with Gasteiger partial charge in [0.15, 0.2) is 11.5 Å². The van der Waals surface area contributed by atoms with Crippen molar-refractivity contribution in [2.45, 2.75) is 12.8 Å². The molecule has 3 aromatic rings. The Morgan fingerprint density at radius 3 is 2.81 bits per heavy atom. The first-order valence-electron chi connectivity index (χ1n) is 8.50. The molecule has 2 aliphatic rings. The van der Waals surface area contributed by atoms with Crippen molar-refractivity contribution in [2.75, 3.05) is 19.2 Å². The number of hydrogen-bond donors (Lipinski definition) is 1. The van der Waals surface area contributed by atoms with Crippen molar-refractivity contribution in [1.82, 2.24) is 9.97 Å². The Bertz CT molecular complexity index is 1000. The SMILES string of the molecule is COc1ccc2c(c1)CCc1cnc(Nc3ccc4c(c3)OCO4)nc1-2. The summed E-state index contributed by atoms with van der Waals surface area (Å²) in [6.45, 7) is 0.258. The molecule has 0 fully saturated rings. The second-order valence-corrected chi connectivity index (χ2v) is 6.28. The van der Waals surface area contributed by atoms with Gasteiger partial charge in [-0.2, -0.15) is 0 Å². The summed E-state index contributed by atoms with van der Waals surface area (Å²) in [5.74, 6) is 2.92. The molecule has 1 aromatic heterocycles. The van der Waals surface area contributed by atoms with Gasteiger partial charge in [-0.1, -0.05) is 0 Å². The summed E-state index contributed by atoms with van der Waals surface area (Å²) < 4.78 is 16.1. The largest absolute Gasteiger partial charge is 0.497 e. The number of aryl methyl sites for hydroxylation is 2. The standard InChI is InChI=1S/C20H17N3O3/c1-24-15-5-6-16-12(8-15)2-3-13-10-21-20(23-19(13)16)22-14-4-7-17-18(9-14)26-11-25-17/h4-10H,2-3,11H2,1H3,(H,21,22,23). The molecule has 6 nitrogen and oxygen atoms in total. The van der Waals surface area contributed by atoms with Gasteiger partial charge in [-0.3, -0.25) is 0 Å². The quantitative estimate of drug-likeness (QED) is 0.779. The number of rotatable bonds is 3. The molecule has 0 spiro atoms. The van der Waals surface area contributed by atoms with Crippen LogP contribution in [0.3, 0.4) is 0 Å². The van der Waals surface area contributed by atoms with Crippen molar-refractivity contribution in [3.05, 3.63) is 53.7 Å². The van der Waals surface area contributed by atoms with Crippen LogP contribution in [0, 0.1) is 0 Å². The molecule has 0 amide bonds. The molecule has 0 unspecified atom stereocenters. The van der Waals surface area contributed by atoms with Crippen LogP contribution in [0.5, 0.6) is 17.2 Å². The van der Waals surface area contributed by atoms with Crippen molar-refractivity contribution >= 4 is 11.6 Å². The Hall–Kier alpha value is -3.28. The van der Waals surface area contributed by atoms with Gasteiger partial charge in [0.1, 0.15) is 5.75 Å². The molecule has 1 aliphatic carbocycles. The van der Waals surface area contributed by atoms with Crippen LogP contribution in [-0.4, -0.2) is 23.9 Å². The van der Waals surface area contributed by atoms with Crippen molar-refractivity contribution in [1.29, 1.82) is 0 Å². The van der Waals surface area contributed by atoms with Gasteiger partial charge < -0.3 is 19.5 Å². The van der Waals surface area contributed by atoms with Crippen LogP contribution in [-0.2, 0) is 12.8 Å². The van der Waals surface area contributed by atoms with E-state index < -0.39 is 0 Å². The molecule has 26 heavy (non-hydrogen) atoms. The molecular weight excluding hydrogens is 330 g/mol. The number of aromatic nitrogens is 2. The summed E-state index contributed by atoms with van der Waals surface area (Å²) in [6, 6.07) is 11.8. The van der Waals surface area contributed by atoms with Gasteiger partial charge in [0.05, 0.1) is 12.8 Å². The number of nitrogens with one attached hydrogen (secondary N) is 1. The first kappa shape index (κ1) is 15.0. The lowest BCUT2D eigenvalue weighted by Crippen LogP contribution is -2.09. The maximum absolute atomic E-state index is 5.42. The van der Waals surface area contributed by atoms with E-state index in [-0.39, 0.29) is 6.79 Å². The van der Waals surface area contributed by atoms with Crippen LogP contribution in [0.1, 0.15) is 11.1 Å². The predicted octanol–water partition coefficient (Wildman–Crippen LogP) is 3.72. The van der Waals surface area contributed by atoms with E-state index in [1.165, 1.54) is 11.1 Å². The Morgan fingerprint density at radius 1 is 1.00 bits per heavy atom. The van der Waals surface area contributed by atoms with Gasteiger partial charge in [0, 0.05) is 23.5 Å². The molecule has 0 saturated heterocycles. The van der Waals surface area contributed by atoms with E-state index in [1.807, 2.05) is 30.5 Å². The number of methoxy groups -OCH3 is 1. The Balaban J connectivity index is 1.49. The monoisotopic (exact) mass is 347 g/mol. The van der Waals surface area contributed by atoms with Crippen molar-refractivity contribution in [2.24, 2.45) is 0 Å². The smallest absolute Gasteiger partial charge is 0.231 e. The Labute approximate surface area is 150 Å². The lowest BCUT2D eigenvalue weighted by molar-refractivity contribution is 0.174. The summed E-state index contributed by atoms with van der Waals surface area (Å²) >= 11 is 0. The number of hydrogen-bond acceptors (Lipinski definition) is 6. The van der Waals surface area contributed by atoms with Gasteiger partial charge in [-0.05, 0) is 54.3 Å². The minimum atomic E-state index is 0.258. The number of anilines is 2. The highest BCUT2D eigenvalue weighted by Crippen LogP contribution is 2.36. The molecule has 0 radical (unpaired) electrons. The van der Waals surface area contributed by atoms with E-state index in [1.54, 1.807) is 7.11 Å². The van der Waals surface area contributed by atoms with E-state index in [2.05, 4.69) is 22.4 Å². The maximum Gasteiger partial charge on any atom is 0.231 e. The molecule has 130 valence electrons. The molecule has 0 saturated carbocycles. The third-order valence-electron chi connectivity index (χ3n) is 4.72. The number of nitrogens with zero attached hydrogens (tertiary/aromatic N) is 2. The fourth-order valence-corrected chi connectivity index (χ4v) is 3.39. The van der Waals surface area contributed by atoms with Gasteiger partial charge in [0.25, 0.3) is 0 Å². The van der Waals surface area contributed by atoms with Crippen LogP contribution < -0.4 is 19.5 Å². The van der Waals surface area contributed by atoms with Gasteiger partial charge in [-0.25, -0.2) is 9.97 Å². The molecule has 1 aliphatic heterocycles. The minimum Gasteiger partial charge on any atom is -0.497 e.